The average Bonchev–Trinajstić information content (AvgIpc) is 2.83. The lowest BCUT2D eigenvalue weighted by molar-refractivity contribution is 0.0782. The molecule has 0 spiro atoms. The quantitative estimate of drug-likeness (QED) is 0.864. The number of aromatic nitrogens is 1. The Bertz CT molecular complexity index is 634. The van der Waals surface area contributed by atoms with Gasteiger partial charge in [0.15, 0.2) is 0 Å². The van der Waals surface area contributed by atoms with Crippen LogP contribution in [0.1, 0.15) is 21.8 Å². The summed E-state index contributed by atoms with van der Waals surface area (Å²) in [5.41, 5.74) is 1.27. The van der Waals surface area contributed by atoms with Crippen molar-refractivity contribution in [1.82, 2.24) is 10.1 Å². The van der Waals surface area contributed by atoms with E-state index in [4.69, 9.17) is 4.52 Å². The molecule has 0 aliphatic carbocycles. The van der Waals surface area contributed by atoms with Gasteiger partial charge in [0, 0.05) is 40.6 Å². The molecule has 0 saturated heterocycles. The molecule has 1 aromatic carbocycles. The second-order valence-electron chi connectivity index (χ2n) is 4.57. The van der Waals surface area contributed by atoms with Gasteiger partial charge in [0.2, 0.25) is 0 Å². The zero-order valence-corrected chi connectivity index (χ0v) is 12.4. The predicted octanol–water partition coefficient (Wildman–Crippen LogP) is 1.99. The molecule has 2 aromatic rings. The number of rotatable bonds is 4. The molecule has 1 atom stereocenters. The Balaban J connectivity index is 2.08. The number of hydrogen-bond acceptors (Lipinski definition) is 4. The molecule has 20 heavy (non-hydrogen) atoms. The Morgan fingerprint density at radius 2 is 2.00 bits per heavy atom. The maximum absolute atomic E-state index is 12.2. The van der Waals surface area contributed by atoms with Crippen molar-refractivity contribution < 1.29 is 13.5 Å². The van der Waals surface area contributed by atoms with Crippen molar-refractivity contribution in [3.05, 3.63) is 47.3 Å². The molecular weight excluding hydrogens is 276 g/mol. The lowest BCUT2D eigenvalue weighted by atomic mass is 10.2. The van der Waals surface area contributed by atoms with E-state index in [1.54, 1.807) is 48.5 Å². The summed E-state index contributed by atoms with van der Waals surface area (Å²) in [5.74, 6) is 0.606. The van der Waals surface area contributed by atoms with Crippen molar-refractivity contribution in [2.24, 2.45) is 0 Å². The third-order valence-corrected chi connectivity index (χ3v) is 3.79. The van der Waals surface area contributed by atoms with Crippen LogP contribution in [-0.4, -0.2) is 33.5 Å². The summed E-state index contributed by atoms with van der Waals surface area (Å²) in [7, 11) is 0.669. The molecule has 0 aliphatic rings. The van der Waals surface area contributed by atoms with Gasteiger partial charge in [0.05, 0.1) is 6.54 Å². The molecule has 6 heteroatoms. The summed E-state index contributed by atoms with van der Waals surface area (Å²) in [5, 5.41) is 3.86. The van der Waals surface area contributed by atoms with Gasteiger partial charge in [0.1, 0.15) is 11.5 Å². The standard InChI is InChI=1S/C14H16N2O3S/c1-10-8-12(15-19-10)9-16(2)14(17)11-4-6-13(7-5-11)20(3)18/h4-8H,9H2,1-3H3/t20-/m1/s1. The van der Waals surface area contributed by atoms with Gasteiger partial charge < -0.3 is 9.42 Å². The van der Waals surface area contributed by atoms with Crippen molar-refractivity contribution in [2.45, 2.75) is 18.4 Å². The summed E-state index contributed by atoms with van der Waals surface area (Å²) in [6.45, 7) is 2.19. The van der Waals surface area contributed by atoms with Gasteiger partial charge in [0.25, 0.3) is 5.91 Å². The van der Waals surface area contributed by atoms with Crippen molar-refractivity contribution >= 4 is 16.7 Å². The predicted molar refractivity (Wildman–Crippen MR) is 75.8 cm³/mol. The zero-order valence-electron chi connectivity index (χ0n) is 11.6. The number of benzene rings is 1. The van der Waals surface area contributed by atoms with Crippen molar-refractivity contribution in [1.29, 1.82) is 0 Å². The highest BCUT2D eigenvalue weighted by atomic mass is 32.2. The molecular formula is C14H16N2O3S. The second-order valence-corrected chi connectivity index (χ2v) is 5.95. The Morgan fingerprint density at radius 1 is 1.35 bits per heavy atom. The second kappa shape index (κ2) is 6.00. The van der Waals surface area contributed by atoms with Crippen molar-refractivity contribution in [2.75, 3.05) is 13.3 Å². The molecule has 0 aliphatic heterocycles. The Labute approximate surface area is 120 Å². The van der Waals surface area contributed by atoms with Crippen molar-refractivity contribution in [3.63, 3.8) is 0 Å². The molecule has 1 aromatic heterocycles. The van der Waals surface area contributed by atoms with E-state index >= 15 is 0 Å². The first-order chi connectivity index (χ1) is 9.47. The summed E-state index contributed by atoms with van der Waals surface area (Å²) in [6, 6.07) is 8.58. The number of aryl methyl sites for hydroxylation is 1. The monoisotopic (exact) mass is 292 g/mol. The maximum Gasteiger partial charge on any atom is 0.253 e. The van der Waals surface area contributed by atoms with Crippen LogP contribution in [0.5, 0.6) is 0 Å². The Kier molecular flexibility index (Phi) is 4.34. The van der Waals surface area contributed by atoms with Crippen LogP contribution in [0.2, 0.25) is 0 Å². The minimum Gasteiger partial charge on any atom is -0.361 e. The minimum atomic E-state index is -1.04. The molecule has 5 nitrogen and oxygen atoms in total. The number of amides is 1. The van der Waals surface area contributed by atoms with Crippen LogP contribution in [0.4, 0.5) is 0 Å². The Morgan fingerprint density at radius 3 is 2.50 bits per heavy atom. The summed E-state index contributed by atoms with van der Waals surface area (Å²) in [6.07, 6.45) is 1.61. The highest BCUT2D eigenvalue weighted by Crippen LogP contribution is 2.11. The number of hydrogen-bond donors (Lipinski definition) is 0. The van der Waals surface area contributed by atoms with Gasteiger partial charge in [-0.25, -0.2) is 0 Å². The number of carbonyl (C=O) groups is 1. The van der Waals surface area contributed by atoms with Crippen LogP contribution >= 0.6 is 0 Å². The van der Waals surface area contributed by atoms with E-state index < -0.39 is 10.8 Å². The minimum absolute atomic E-state index is 0.112. The number of nitrogens with zero attached hydrogens (tertiary/aromatic N) is 2. The summed E-state index contributed by atoms with van der Waals surface area (Å²) < 4.78 is 16.3. The first kappa shape index (κ1) is 14.5. The molecule has 0 saturated carbocycles. The van der Waals surface area contributed by atoms with Crippen LogP contribution in [0.3, 0.4) is 0 Å². The van der Waals surface area contributed by atoms with E-state index in [0.717, 1.165) is 5.76 Å². The first-order valence-corrected chi connectivity index (χ1v) is 7.64. The average molecular weight is 292 g/mol. The van der Waals surface area contributed by atoms with Crippen LogP contribution in [0.25, 0.3) is 0 Å². The normalized spacial score (nSPS) is 12.2. The zero-order chi connectivity index (χ0) is 14.7. The van der Waals surface area contributed by atoms with Gasteiger partial charge in [-0.05, 0) is 31.2 Å². The van der Waals surface area contributed by atoms with Crippen LogP contribution in [-0.2, 0) is 17.3 Å². The molecule has 0 N–H and O–H groups in total. The maximum atomic E-state index is 12.2. The van der Waals surface area contributed by atoms with Gasteiger partial charge in [-0.1, -0.05) is 5.16 Å². The summed E-state index contributed by atoms with van der Waals surface area (Å²) in [4.78, 5) is 14.5. The van der Waals surface area contributed by atoms with Gasteiger partial charge in [-0.2, -0.15) is 0 Å². The molecule has 0 fully saturated rings. The van der Waals surface area contributed by atoms with Crippen molar-refractivity contribution in [3.8, 4) is 0 Å². The van der Waals surface area contributed by atoms with E-state index in [1.807, 2.05) is 6.92 Å². The molecule has 0 unspecified atom stereocenters. The lowest BCUT2D eigenvalue weighted by Gasteiger charge is -2.15. The third-order valence-electron chi connectivity index (χ3n) is 2.86. The molecule has 2 rings (SSSR count). The Hall–Kier alpha value is -1.95. The fourth-order valence-electron chi connectivity index (χ4n) is 1.82. The molecule has 0 bridgehead atoms. The highest BCUT2D eigenvalue weighted by molar-refractivity contribution is 7.84. The molecule has 1 heterocycles. The fraction of sp³-hybridized carbons (Fsp3) is 0.286. The third kappa shape index (κ3) is 3.33. The SMILES string of the molecule is Cc1cc(CN(C)C(=O)c2ccc([S@@](C)=O)cc2)no1. The van der Waals surface area contributed by atoms with E-state index in [-0.39, 0.29) is 5.91 Å². The lowest BCUT2D eigenvalue weighted by Crippen LogP contribution is -2.26. The van der Waals surface area contributed by atoms with Crippen LogP contribution < -0.4 is 0 Å². The highest BCUT2D eigenvalue weighted by Gasteiger charge is 2.14. The molecule has 0 radical (unpaired) electrons. The van der Waals surface area contributed by atoms with Gasteiger partial charge in [-0.15, -0.1) is 0 Å². The van der Waals surface area contributed by atoms with Gasteiger partial charge in [-0.3, -0.25) is 9.00 Å². The topological polar surface area (TPSA) is 63.4 Å². The van der Waals surface area contributed by atoms with Crippen LogP contribution in [0.15, 0.2) is 39.8 Å². The summed E-state index contributed by atoms with van der Waals surface area (Å²) >= 11 is 0. The smallest absolute Gasteiger partial charge is 0.253 e. The van der Waals surface area contributed by atoms with E-state index in [2.05, 4.69) is 5.16 Å². The van der Waals surface area contributed by atoms with Crippen LogP contribution in [0, 0.1) is 6.92 Å². The van der Waals surface area contributed by atoms with E-state index in [0.29, 0.717) is 22.7 Å². The fourth-order valence-corrected chi connectivity index (χ4v) is 2.34. The van der Waals surface area contributed by atoms with E-state index in [1.165, 1.54) is 0 Å². The van der Waals surface area contributed by atoms with E-state index in [9.17, 15) is 9.00 Å². The largest absolute Gasteiger partial charge is 0.361 e. The number of carbonyl (C=O) groups excluding carboxylic acids is 1. The molecule has 1 amide bonds. The molecule has 106 valence electrons. The first-order valence-electron chi connectivity index (χ1n) is 6.08. The van der Waals surface area contributed by atoms with Gasteiger partial charge >= 0.3 is 0 Å².